The second-order valence-electron chi connectivity index (χ2n) is 8.79. The molecule has 4 N–H and O–H groups in total. The average molecular weight is 333 g/mol. The molecule has 3 aliphatic rings. The SMILES string of the molecule is CC1CCC(C2CCC(C3CCC(C)CC3)C(F)C2)CC1.O.O.[HH]. The van der Waals surface area contributed by atoms with E-state index in [4.69, 9.17) is 0 Å². The molecule has 0 aliphatic heterocycles. The predicted molar refractivity (Wildman–Crippen MR) is 97.3 cm³/mol. The minimum Gasteiger partial charge on any atom is -0.412 e. The van der Waals surface area contributed by atoms with E-state index < -0.39 is 6.17 Å². The number of hydrogen-bond donors (Lipinski definition) is 0. The number of hydrogen-bond acceptors (Lipinski definition) is 0. The molecule has 3 heteroatoms. The predicted octanol–water partition coefficient (Wildman–Crippen LogP) is 4.99. The van der Waals surface area contributed by atoms with Gasteiger partial charge in [0.25, 0.3) is 0 Å². The van der Waals surface area contributed by atoms with Crippen molar-refractivity contribution in [3.8, 4) is 0 Å². The molecular weight excluding hydrogens is 291 g/mol. The second-order valence-corrected chi connectivity index (χ2v) is 8.79. The van der Waals surface area contributed by atoms with Gasteiger partial charge in [-0.3, -0.25) is 0 Å². The van der Waals surface area contributed by atoms with Crippen molar-refractivity contribution in [1.82, 2.24) is 0 Å². The summed E-state index contributed by atoms with van der Waals surface area (Å²) in [6, 6.07) is 0. The molecule has 0 spiro atoms. The molecule has 3 fully saturated rings. The van der Waals surface area contributed by atoms with Crippen LogP contribution in [-0.4, -0.2) is 17.1 Å². The molecule has 140 valence electrons. The Balaban J connectivity index is 0.00000176. The van der Waals surface area contributed by atoms with Crippen LogP contribution in [0, 0.1) is 35.5 Å². The standard InChI is InChI=1S/C20H35F.2H2O.H2/c1-14-3-7-16(8-4-14)18-11-12-19(20(21)13-18)17-9-5-15(2)6-10-17;;;/h14-20H,3-13H2,1-2H3;2*1H2;1H. The molecule has 0 heterocycles. The first-order valence-corrected chi connectivity index (χ1v) is 9.77. The quantitative estimate of drug-likeness (QED) is 0.684. The molecule has 3 atom stereocenters. The van der Waals surface area contributed by atoms with Crippen LogP contribution >= 0.6 is 0 Å². The van der Waals surface area contributed by atoms with Gasteiger partial charge in [-0.25, -0.2) is 4.39 Å². The maximum atomic E-state index is 14.8. The van der Waals surface area contributed by atoms with E-state index in [-0.39, 0.29) is 12.4 Å². The molecule has 0 aromatic rings. The Labute approximate surface area is 143 Å². The molecule has 2 nitrogen and oxygen atoms in total. The van der Waals surface area contributed by atoms with Crippen LogP contribution in [0.15, 0.2) is 0 Å². The summed E-state index contributed by atoms with van der Waals surface area (Å²) < 4.78 is 14.8. The highest BCUT2D eigenvalue weighted by Crippen LogP contribution is 2.46. The van der Waals surface area contributed by atoms with Crippen molar-refractivity contribution in [2.45, 2.75) is 90.6 Å². The van der Waals surface area contributed by atoms with Crippen LogP contribution in [0.25, 0.3) is 0 Å². The largest absolute Gasteiger partial charge is 0.412 e. The van der Waals surface area contributed by atoms with Crippen molar-refractivity contribution in [2.24, 2.45) is 35.5 Å². The van der Waals surface area contributed by atoms with Gasteiger partial charge in [0.1, 0.15) is 6.17 Å². The third-order valence-corrected chi connectivity index (χ3v) is 7.26. The van der Waals surface area contributed by atoms with Gasteiger partial charge in [-0.1, -0.05) is 39.5 Å². The van der Waals surface area contributed by atoms with Crippen LogP contribution in [-0.2, 0) is 0 Å². The van der Waals surface area contributed by atoms with E-state index in [1.54, 1.807) is 0 Å². The summed E-state index contributed by atoms with van der Waals surface area (Å²) in [6.07, 6.45) is 13.8. The van der Waals surface area contributed by atoms with Crippen molar-refractivity contribution >= 4 is 0 Å². The maximum absolute atomic E-state index is 14.8. The summed E-state index contributed by atoms with van der Waals surface area (Å²) in [5.41, 5.74) is 0. The molecule has 0 radical (unpaired) electrons. The van der Waals surface area contributed by atoms with E-state index in [2.05, 4.69) is 13.8 Å². The normalized spacial score (nSPS) is 44.7. The van der Waals surface area contributed by atoms with Crippen molar-refractivity contribution in [1.29, 1.82) is 0 Å². The minimum absolute atomic E-state index is 0. The van der Waals surface area contributed by atoms with E-state index >= 15 is 0 Å². The zero-order valence-corrected chi connectivity index (χ0v) is 15.2. The Morgan fingerprint density at radius 1 is 0.609 bits per heavy atom. The number of halogens is 1. The lowest BCUT2D eigenvalue weighted by Crippen LogP contribution is -2.36. The summed E-state index contributed by atoms with van der Waals surface area (Å²) in [4.78, 5) is 0. The van der Waals surface area contributed by atoms with Gasteiger partial charge in [-0.15, -0.1) is 0 Å². The Morgan fingerprint density at radius 2 is 1.04 bits per heavy atom. The van der Waals surface area contributed by atoms with Crippen molar-refractivity contribution < 1.29 is 16.8 Å². The summed E-state index contributed by atoms with van der Waals surface area (Å²) in [5.74, 6) is 4.50. The van der Waals surface area contributed by atoms with Gasteiger partial charge in [0.2, 0.25) is 0 Å². The highest BCUT2D eigenvalue weighted by atomic mass is 19.1. The van der Waals surface area contributed by atoms with Gasteiger partial charge >= 0.3 is 0 Å². The first-order chi connectivity index (χ1) is 10.1. The monoisotopic (exact) mass is 332 g/mol. The first kappa shape index (κ1) is 20.9. The molecular formula is C20H41FO2. The molecule has 0 aromatic heterocycles. The lowest BCUT2D eigenvalue weighted by Gasteiger charge is -2.42. The van der Waals surface area contributed by atoms with Crippen molar-refractivity contribution in [3.05, 3.63) is 0 Å². The molecule has 0 saturated heterocycles. The first-order valence-electron chi connectivity index (χ1n) is 9.77. The zero-order chi connectivity index (χ0) is 14.8. The van der Waals surface area contributed by atoms with E-state index in [0.717, 1.165) is 24.2 Å². The van der Waals surface area contributed by atoms with Crippen LogP contribution in [0.5, 0.6) is 0 Å². The lowest BCUT2D eigenvalue weighted by molar-refractivity contribution is 0.0349. The average Bonchev–Trinajstić information content (AvgIpc) is 2.49. The third-order valence-electron chi connectivity index (χ3n) is 7.26. The summed E-state index contributed by atoms with van der Waals surface area (Å²) in [5, 5.41) is 0. The van der Waals surface area contributed by atoms with Crippen LogP contribution < -0.4 is 0 Å². The van der Waals surface area contributed by atoms with Crippen molar-refractivity contribution in [2.75, 3.05) is 0 Å². The summed E-state index contributed by atoms with van der Waals surface area (Å²) >= 11 is 0. The highest BCUT2D eigenvalue weighted by Gasteiger charge is 2.39. The third kappa shape index (κ3) is 5.16. The fraction of sp³-hybridized carbons (Fsp3) is 1.00. The van der Waals surface area contributed by atoms with Gasteiger partial charge in [-0.05, 0) is 80.5 Å². The smallest absolute Gasteiger partial charge is 0.103 e. The fourth-order valence-corrected chi connectivity index (χ4v) is 5.60. The Bertz CT molecular complexity index is 326. The summed E-state index contributed by atoms with van der Waals surface area (Å²) in [6.45, 7) is 4.75. The van der Waals surface area contributed by atoms with Gasteiger partial charge in [0, 0.05) is 1.43 Å². The van der Waals surface area contributed by atoms with Gasteiger partial charge in [0.15, 0.2) is 0 Å². The molecule has 0 amide bonds. The molecule has 3 aliphatic carbocycles. The Morgan fingerprint density at radius 3 is 1.52 bits per heavy atom. The second kappa shape index (κ2) is 9.36. The Hall–Kier alpha value is -0.150. The van der Waals surface area contributed by atoms with E-state index in [1.165, 1.54) is 64.2 Å². The molecule has 0 aromatic carbocycles. The lowest BCUT2D eigenvalue weighted by atomic mass is 9.64. The Kier molecular flexibility index (Phi) is 8.51. The van der Waals surface area contributed by atoms with Gasteiger partial charge in [0.05, 0.1) is 0 Å². The van der Waals surface area contributed by atoms with Gasteiger partial charge < -0.3 is 11.0 Å². The molecule has 3 unspecified atom stereocenters. The van der Waals surface area contributed by atoms with Crippen molar-refractivity contribution in [3.63, 3.8) is 0 Å². The van der Waals surface area contributed by atoms with Crippen LogP contribution in [0.1, 0.15) is 85.9 Å². The van der Waals surface area contributed by atoms with Crippen LogP contribution in [0.2, 0.25) is 0 Å². The maximum Gasteiger partial charge on any atom is 0.103 e. The van der Waals surface area contributed by atoms with Crippen LogP contribution in [0.3, 0.4) is 0 Å². The summed E-state index contributed by atoms with van der Waals surface area (Å²) in [7, 11) is 0. The minimum atomic E-state index is -0.485. The number of rotatable bonds is 2. The molecule has 3 rings (SSSR count). The molecule has 23 heavy (non-hydrogen) atoms. The topological polar surface area (TPSA) is 63.0 Å². The van der Waals surface area contributed by atoms with E-state index in [0.29, 0.717) is 17.8 Å². The fourth-order valence-electron chi connectivity index (χ4n) is 5.60. The van der Waals surface area contributed by atoms with Gasteiger partial charge in [-0.2, -0.15) is 0 Å². The molecule has 0 bridgehead atoms. The van der Waals surface area contributed by atoms with E-state index in [1.807, 2.05) is 0 Å². The zero-order valence-electron chi connectivity index (χ0n) is 15.2. The highest BCUT2D eigenvalue weighted by molar-refractivity contribution is 4.89. The van der Waals surface area contributed by atoms with E-state index in [9.17, 15) is 4.39 Å². The van der Waals surface area contributed by atoms with Crippen LogP contribution in [0.4, 0.5) is 4.39 Å². The number of alkyl halides is 1. The molecule has 3 saturated carbocycles.